The van der Waals surface area contributed by atoms with Gasteiger partial charge in [0.05, 0.1) is 16.9 Å². The van der Waals surface area contributed by atoms with E-state index < -0.39 is 5.60 Å². The Labute approximate surface area is 263 Å². The smallest absolute Gasteiger partial charge is 0.410 e. The number of benzene rings is 2. The summed E-state index contributed by atoms with van der Waals surface area (Å²) in [7, 11) is 0. The van der Waals surface area contributed by atoms with Crippen molar-refractivity contribution in [2.24, 2.45) is 0 Å². The van der Waals surface area contributed by atoms with Gasteiger partial charge in [-0.2, -0.15) is 0 Å². The quantitative estimate of drug-likeness (QED) is 0.246. The largest absolute Gasteiger partial charge is 0.444 e. The van der Waals surface area contributed by atoms with Crippen LogP contribution in [0.2, 0.25) is 0 Å². The third-order valence-corrected chi connectivity index (χ3v) is 8.24. The van der Waals surface area contributed by atoms with Crippen molar-refractivity contribution in [3.05, 3.63) is 66.5 Å². The summed E-state index contributed by atoms with van der Waals surface area (Å²) in [5.41, 5.74) is 2.68. The van der Waals surface area contributed by atoms with Gasteiger partial charge in [0.25, 0.3) is 0 Å². The molecule has 2 saturated heterocycles. The highest BCUT2D eigenvalue weighted by atomic mass is 16.6. The summed E-state index contributed by atoms with van der Waals surface area (Å²) in [6, 6.07) is 15.8. The number of pyridine rings is 1. The Morgan fingerprint density at radius 3 is 2.62 bits per heavy atom. The van der Waals surface area contributed by atoms with E-state index in [1.807, 2.05) is 75.1 Å². The first-order chi connectivity index (χ1) is 21.6. The van der Waals surface area contributed by atoms with Crippen molar-refractivity contribution < 1.29 is 19.1 Å². The predicted molar refractivity (Wildman–Crippen MR) is 175 cm³/mol. The molecule has 234 valence electrons. The molecule has 2 aliphatic heterocycles. The molecule has 4 heterocycles. The summed E-state index contributed by atoms with van der Waals surface area (Å²) < 4.78 is 12.2. The Morgan fingerprint density at radius 2 is 1.84 bits per heavy atom. The van der Waals surface area contributed by atoms with Crippen LogP contribution in [0.4, 0.5) is 16.4 Å². The average molecular weight is 609 g/mol. The monoisotopic (exact) mass is 608 g/mol. The average Bonchev–Trinajstić information content (AvgIpc) is 3.35. The molecule has 45 heavy (non-hydrogen) atoms. The maximum atomic E-state index is 12.8. The number of rotatable bonds is 6. The summed E-state index contributed by atoms with van der Waals surface area (Å²) in [5, 5.41) is 5.28. The van der Waals surface area contributed by atoms with Crippen LogP contribution in [0.5, 0.6) is 11.6 Å². The molecule has 2 fully saturated rings. The third kappa shape index (κ3) is 6.55. The molecule has 4 aromatic rings. The molecule has 2 atom stereocenters. The van der Waals surface area contributed by atoms with Gasteiger partial charge in [0.1, 0.15) is 11.4 Å². The van der Waals surface area contributed by atoms with Gasteiger partial charge >= 0.3 is 6.09 Å². The number of carbonyl (C=O) groups is 2. The van der Waals surface area contributed by atoms with Gasteiger partial charge in [-0.15, -0.1) is 0 Å². The maximum absolute atomic E-state index is 12.8. The van der Waals surface area contributed by atoms with Crippen molar-refractivity contribution in [3.8, 4) is 22.9 Å². The number of anilines is 2. The lowest BCUT2D eigenvalue weighted by atomic mass is 10.0. The van der Waals surface area contributed by atoms with E-state index in [0.29, 0.717) is 42.8 Å². The predicted octanol–water partition coefficient (Wildman–Crippen LogP) is 7.12. The number of ether oxygens (including phenoxy) is 2. The molecule has 2 unspecified atom stereocenters. The summed E-state index contributed by atoms with van der Waals surface area (Å²) in [4.78, 5) is 43.0. The number of aryl methyl sites for hydroxylation is 1. The first-order valence-corrected chi connectivity index (χ1v) is 15.6. The van der Waals surface area contributed by atoms with E-state index in [9.17, 15) is 9.59 Å². The fourth-order valence-corrected chi connectivity index (χ4v) is 6.08. The summed E-state index contributed by atoms with van der Waals surface area (Å²) in [6.45, 7) is 10.9. The number of fused-ring (bicyclic) bond motifs is 1. The lowest BCUT2D eigenvalue weighted by molar-refractivity contribution is -0.117. The maximum Gasteiger partial charge on any atom is 0.410 e. The Kier molecular flexibility index (Phi) is 8.31. The van der Waals surface area contributed by atoms with Gasteiger partial charge in [-0.05, 0) is 83.7 Å². The number of amides is 2. The second kappa shape index (κ2) is 12.3. The molecule has 6 rings (SSSR count). The van der Waals surface area contributed by atoms with Crippen LogP contribution in [0.3, 0.4) is 0 Å². The molecule has 1 N–H and O–H groups in total. The number of likely N-dealkylation sites (tertiary alicyclic amines) is 1. The third-order valence-electron chi connectivity index (χ3n) is 8.24. The molecule has 2 amide bonds. The number of carbonyl (C=O) groups excluding carboxylic acids is 2. The van der Waals surface area contributed by atoms with E-state index in [1.54, 1.807) is 17.3 Å². The van der Waals surface area contributed by atoms with Gasteiger partial charge < -0.3 is 24.6 Å². The second-order valence-corrected chi connectivity index (χ2v) is 12.9. The number of nitrogens with zero attached hydrogens (tertiary/aromatic N) is 5. The molecule has 2 aromatic heterocycles. The molecular weight excluding hydrogens is 568 g/mol. The fourth-order valence-electron chi connectivity index (χ4n) is 6.08. The summed E-state index contributed by atoms with van der Waals surface area (Å²) >= 11 is 0. The van der Waals surface area contributed by atoms with Gasteiger partial charge in [0, 0.05) is 54.8 Å². The SMILES string of the molecule is Cc1ccc2c(N3C(=O)CCC3C)cccc2c1Oc1ncccc1-c1ccnc(NC2CCCN(C(=O)OC(C)(C)C)C2)n1. The van der Waals surface area contributed by atoms with Gasteiger partial charge in [-0.1, -0.05) is 24.3 Å². The van der Waals surface area contributed by atoms with Gasteiger partial charge in [0.15, 0.2) is 0 Å². The zero-order chi connectivity index (χ0) is 31.7. The lowest BCUT2D eigenvalue weighted by Gasteiger charge is -2.34. The van der Waals surface area contributed by atoms with Crippen LogP contribution in [-0.4, -0.2) is 62.6 Å². The molecule has 2 aliphatic rings. The van der Waals surface area contributed by atoms with E-state index >= 15 is 0 Å². The number of aromatic nitrogens is 3. The number of piperidine rings is 1. The summed E-state index contributed by atoms with van der Waals surface area (Å²) in [6.07, 6.45) is 6.25. The molecule has 10 nitrogen and oxygen atoms in total. The minimum atomic E-state index is -0.545. The van der Waals surface area contributed by atoms with Crippen molar-refractivity contribution in [2.45, 2.75) is 78.0 Å². The molecule has 0 aliphatic carbocycles. The van der Waals surface area contributed by atoms with E-state index in [1.165, 1.54) is 0 Å². The van der Waals surface area contributed by atoms with E-state index in [2.05, 4.69) is 28.3 Å². The van der Waals surface area contributed by atoms with Crippen molar-refractivity contribution >= 4 is 34.4 Å². The van der Waals surface area contributed by atoms with Gasteiger partial charge in [0.2, 0.25) is 17.7 Å². The minimum Gasteiger partial charge on any atom is -0.444 e. The van der Waals surface area contributed by atoms with Crippen molar-refractivity contribution in [1.82, 2.24) is 19.9 Å². The molecule has 0 bridgehead atoms. The first-order valence-electron chi connectivity index (χ1n) is 15.6. The van der Waals surface area contributed by atoms with Gasteiger partial charge in [-0.3, -0.25) is 4.79 Å². The normalized spacial score (nSPS) is 18.7. The zero-order valence-corrected chi connectivity index (χ0v) is 26.5. The molecular formula is C35H40N6O4. The first kappa shape index (κ1) is 30.3. The van der Waals surface area contributed by atoms with Crippen molar-refractivity contribution in [1.29, 1.82) is 0 Å². The van der Waals surface area contributed by atoms with Crippen molar-refractivity contribution in [3.63, 3.8) is 0 Å². The van der Waals surface area contributed by atoms with Crippen LogP contribution in [0, 0.1) is 6.92 Å². The molecule has 10 heteroatoms. The lowest BCUT2D eigenvalue weighted by Crippen LogP contribution is -2.47. The van der Waals surface area contributed by atoms with E-state index in [4.69, 9.17) is 14.5 Å². The molecule has 0 radical (unpaired) electrons. The van der Waals surface area contributed by atoms with Crippen LogP contribution in [-0.2, 0) is 9.53 Å². The van der Waals surface area contributed by atoms with Crippen LogP contribution < -0.4 is 15.0 Å². The second-order valence-electron chi connectivity index (χ2n) is 12.9. The number of nitrogens with one attached hydrogen (secondary N) is 1. The standard InChI is InChI=1S/C35H40N6O4/c1-22-13-15-25-26(10-6-12-29(25)41-23(2)14-16-30(41)42)31(22)44-32-27(11-7-18-36-32)28-17-19-37-33(39-28)38-24-9-8-20-40(21-24)34(43)45-35(3,4)5/h6-7,10-13,15,17-19,23-24H,8-9,14,16,20-21H2,1-5H3,(H,37,38,39). The van der Waals surface area contributed by atoms with Crippen LogP contribution >= 0.6 is 0 Å². The van der Waals surface area contributed by atoms with Gasteiger partial charge in [-0.25, -0.2) is 19.7 Å². The Bertz CT molecular complexity index is 1740. The molecule has 2 aromatic carbocycles. The highest BCUT2D eigenvalue weighted by molar-refractivity contribution is 6.07. The van der Waals surface area contributed by atoms with Crippen molar-refractivity contribution in [2.75, 3.05) is 23.3 Å². The van der Waals surface area contributed by atoms with Crippen LogP contribution in [0.25, 0.3) is 22.0 Å². The highest BCUT2D eigenvalue weighted by Gasteiger charge is 2.31. The molecule has 0 spiro atoms. The topological polar surface area (TPSA) is 110 Å². The molecule has 0 saturated carbocycles. The fraction of sp³-hybridized carbons (Fsp3) is 0.400. The van der Waals surface area contributed by atoms with Crippen LogP contribution in [0.1, 0.15) is 58.9 Å². The highest BCUT2D eigenvalue weighted by Crippen LogP contribution is 2.41. The zero-order valence-electron chi connectivity index (χ0n) is 26.5. The Balaban J connectivity index is 1.26. The summed E-state index contributed by atoms with van der Waals surface area (Å²) in [5.74, 6) is 1.71. The number of hydrogen-bond donors (Lipinski definition) is 1. The Morgan fingerprint density at radius 1 is 1.00 bits per heavy atom. The Hall–Kier alpha value is -4.73. The number of hydrogen-bond acceptors (Lipinski definition) is 8. The van der Waals surface area contributed by atoms with Crippen LogP contribution in [0.15, 0.2) is 60.9 Å². The van der Waals surface area contributed by atoms with E-state index in [-0.39, 0.29) is 24.1 Å². The van der Waals surface area contributed by atoms with E-state index in [0.717, 1.165) is 46.8 Å². The minimum absolute atomic E-state index is 0.0103.